The monoisotopic (exact) mass is 474 g/mol. The average molecular weight is 475 g/mol. The molecule has 180 valence electrons. The summed E-state index contributed by atoms with van der Waals surface area (Å²) in [4.78, 5) is 15.5. The van der Waals surface area contributed by atoms with Crippen LogP contribution in [0.4, 0.5) is 0 Å². The fraction of sp³-hybridized carbons (Fsp3) is 0.500. The fourth-order valence-electron chi connectivity index (χ4n) is 3.84. The molecule has 2 heterocycles. The molecule has 0 saturated heterocycles. The Morgan fingerprint density at radius 1 is 1.15 bits per heavy atom. The highest BCUT2D eigenvalue weighted by Crippen LogP contribution is 2.21. The van der Waals surface area contributed by atoms with E-state index in [4.69, 9.17) is 4.42 Å². The Kier molecular flexibility index (Phi) is 7.64. The largest absolute Gasteiger partial charge is 0.464 e. The molecule has 0 unspecified atom stereocenters. The number of benzene rings is 1. The van der Waals surface area contributed by atoms with Crippen molar-refractivity contribution in [2.45, 2.75) is 58.5 Å². The van der Waals surface area contributed by atoms with Crippen LogP contribution in [0, 0.1) is 18.8 Å². The fourth-order valence-corrected chi connectivity index (χ4v) is 5.08. The highest BCUT2D eigenvalue weighted by Gasteiger charge is 2.31. The third kappa shape index (κ3) is 6.23. The average Bonchev–Trinajstić information content (AvgIpc) is 3.31. The zero-order chi connectivity index (χ0) is 24.3. The van der Waals surface area contributed by atoms with Gasteiger partial charge in [0.05, 0.1) is 23.4 Å². The summed E-state index contributed by atoms with van der Waals surface area (Å²) in [6.07, 6.45) is 1.91. The minimum absolute atomic E-state index is 0.105. The Balaban J connectivity index is 1.88. The van der Waals surface area contributed by atoms with Gasteiger partial charge < -0.3 is 9.32 Å². The topological polar surface area (TPSA) is 97.4 Å². The summed E-state index contributed by atoms with van der Waals surface area (Å²) in [7, 11) is -2.05. The molecule has 0 radical (unpaired) electrons. The summed E-state index contributed by atoms with van der Waals surface area (Å²) in [6.45, 7) is 10.8. The maximum Gasteiger partial charge on any atom is 0.241 e. The number of amides is 1. The molecule has 2 aromatic heterocycles. The normalized spacial score (nSPS) is 13.2. The molecular weight excluding hydrogens is 440 g/mol. The summed E-state index contributed by atoms with van der Waals surface area (Å²) < 4.78 is 36.2. The van der Waals surface area contributed by atoms with Crippen LogP contribution < -0.4 is 4.72 Å². The Hall–Kier alpha value is -2.65. The van der Waals surface area contributed by atoms with Crippen LogP contribution in [0.15, 0.2) is 45.9 Å². The van der Waals surface area contributed by atoms with Crippen molar-refractivity contribution in [1.29, 1.82) is 0 Å². The predicted molar refractivity (Wildman–Crippen MR) is 128 cm³/mol. The van der Waals surface area contributed by atoms with Crippen LogP contribution in [0.1, 0.15) is 45.5 Å². The van der Waals surface area contributed by atoms with Crippen LogP contribution in [0.2, 0.25) is 0 Å². The summed E-state index contributed by atoms with van der Waals surface area (Å²) in [5.41, 5.74) is 2.38. The van der Waals surface area contributed by atoms with Gasteiger partial charge in [0.15, 0.2) is 0 Å². The van der Waals surface area contributed by atoms with E-state index in [0.29, 0.717) is 30.5 Å². The number of aromatic nitrogens is 2. The first kappa shape index (κ1) is 25.0. The first-order valence-corrected chi connectivity index (χ1v) is 12.7. The Labute approximate surface area is 196 Å². The molecule has 0 aliphatic heterocycles. The van der Waals surface area contributed by atoms with Gasteiger partial charge in [0.25, 0.3) is 0 Å². The van der Waals surface area contributed by atoms with Gasteiger partial charge in [-0.15, -0.1) is 0 Å². The zero-order valence-electron chi connectivity index (χ0n) is 20.2. The minimum Gasteiger partial charge on any atom is -0.464 e. The number of aryl methyl sites for hydroxylation is 2. The second kappa shape index (κ2) is 10.1. The lowest BCUT2D eigenvalue weighted by Gasteiger charge is -2.29. The Bertz CT molecular complexity index is 1190. The van der Waals surface area contributed by atoms with Crippen molar-refractivity contribution in [3.05, 3.63) is 48.0 Å². The Morgan fingerprint density at radius 2 is 1.88 bits per heavy atom. The van der Waals surface area contributed by atoms with Crippen LogP contribution in [0.5, 0.6) is 0 Å². The summed E-state index contributed by atoms with van der Waals surface area (Å²) in [6, 6.07) is 7.46. The molecule has 0 aliphatic rings. The molecule has 3 rings (SSSR count). The molecule has 0 aliphatic carbocycles. The highest BCUT2D eigenvalue weighted by atomic mass is 32.2. The number of sulfonamides is 1. The van der Waals surface area contributed by atoms with Crippen molar-refractivity contribution in [2.75, 3.05) is 6.54 Å². The van der Waals surface area contributed by atoms with Crippen molar-refractivity contribution in [3.8, 4) is 0 Å². The van der Waals surface area contributed by atoms with E-state index in [0.717, 1.165) is 11.4 Å². The number of nitrogens with one attached hydrogen (secondary N) is 1. The van der Waals surface area contributed by atoms with Crippen molar-refractivity contribution < 1.29 is 17.6 Å². The second-order valence-corrected chi connectivity index (χ2v) is 11.2. The lowest BCUT2D eigenvalue weighted by atomic mass is 10.0. The number of carbonyl (C=O) groups excluding carboxylic acids is 1. The molecule has 0 saturated carbocycles. The van der Waals surface area contributed by atoms with Crippen molar-refractivity contribution in [2.24, 2.45) is 18.9 Å². The van der Waals surface area contributed by atoms with E-state index in [1.54, 1.807) is 27.8 Å². The number of nitrogens with zero attached hydrogens (tertiary/aromatic N) is 3. The van der Waals surface area contributed by atoms with Crippen molar-refractivity contribution >= 4 is 26.9 Å². The number of rotatable bonds is 10. The maximum atomic E-state index is 13.6. The zero-order valence-corrected chi connectivity index (χ0v) is 21.0. The number of hydrogen-bond donors (Lipinski definition) is 1. The molecule has 3 aromatic rings. The molecule has 0 bridgehead atoms. The molecule has 0 spiro atoms. The molecule has 1 atom stereocenters. The highest BCUT2D eigenvalue weighted by molar-refractivity contribution is 7.89. The molecule has 1 N–H and O–H groups in total. The molecule has 1 aromatic carbocycles. The predicted octanol–water partition coefficient (Wildman–Crippen LogP) is 3.85. The lowest BCUT2D eigenvalue weighted by molar-refractivity contribution is -0.134. The van der Waals surface area contributed by atoms with Gasteiger partial charge in [0, 0.05) is 24.7 Å². The second-order valence-electron chi connectivity index (χ2n) is 9.44. The van der Waals surface area contributed by atoms with Crippen LogP contribution in [-0.4, -0.2) is 41.6 Å². The van der Waals surface area contributed by atoms with E-state index < -0.39 is 16.1 Å². The molecular formula is C24H34N4O4S. The van der Waals surface area contributed by atoms with Crippen LogP contribution in [0.25, 0.3) is 11.0 Å². The van der Waals surface area contributed by atoms with Gasteiger partial charge in [0.2, 0.25) is 15.9 Å². The minimum atomic E-state index is -3.92. The van der Waals surface area contributed by atoms with E-state index in [1.165, 1.54) is 12.3 Å². The molecule has 1 amide bonds. The van der Waals surface area contributed by atoms with Gasteiger partial charge in [-0.25, -0.2) is 8.42 Å². The third-order valence-corrected chi connectivity index (χ3v) is 6.92. The smallest absolute Gasteiger partial charge is 0.241 e. The van der Waals surface area contributed by atoms with Crippen molar-refractivity contribution in [3.63, 3.8) is 0 Å². The number of fused-ring (bicyclic) bond motifs is 1. The van der Waals surface area contributed by atoms with E-state index in [9.17, 15) is 13.2 Å². The van der Waals surface area contributed by atoms with E-state index in [1.807, 2.05) is 47.7 Å². The summed E-state index contributed by atoms with van der Waals surface area (Å²) in [5, 5.41) is 5.17. The first-order valence-electron chi connectivity index (χ1n) is 11.2. The quantitative estimate of drug-likeness (QED) is 0.481. The first-order chi connectivity index (χ1) is 15.5. The van der Waals surface area contributed by atoms with E-state index >= 15 is 0 Å². The van der Waals surface area contributed by atoms with Gasteiger partial charge in [-0.05, 0) is 55.5 Å². The van der Waals surface area contributed by atoms with E-state index in [2.05, 4.69) is 9.82 Å². The van der Waals surface area contributed by atoms with Gasteiger partial charge in [-0.1, -0.05) is 27.7 Å². The van der Waals surface area contributed by atoms with Crippen molar-refractivity contribution in [1.82, 2.24) is 19.4 Å². The molecule has 33 heavy (non-hydrogen) atoms. The third-order valence-electron chi connectivity index (χ3n) is 5.45. The van der Waals surface area contributed by atoms with Crippen LogP contribution in [0.3, 0.4) is 0 Å². The van der Waals surface area contributed by atoms with Gasteiger partial charge in [-0.2, -0.15) is 9.82 Å². The standard InChI is InChI=1S/C24H34N4O4S/c1-16(2)11-22(26-33(30,31)21-7-8-23-19(13-21)9-10-32-23)24(29)28(14-17(3)4)15-20-12-18(5)27(6)25-20/h7-10,12-13,16-17,22,26H,11,14-15H2,1-6H3/t22-/m0/s1. The molecule has 8 nitrogen and oxygen atoms in total. The number of furan rings is 1. The van der Waals surface area contributed by atoms with Crippen LogP contribution in [-0.2, 0) is 28.4 Å². The Morgan fingerprint density at radius 3 is 2.48 bits per heavy atom. The SMILES string of the molecule is Cc1cc(CN(CC(C)C)C(=O)[C@H](CC(C)C)NS(=O)(=O)c2ccc3occc3c2)nn1C. The van der Waals surface area contributed by atoms with Gasteiger partial charge >= 0.3 is 0 Å². The summed E-state index contributed by atoms with van der Waals surface area (Å²) in [5.74, 6) is 0.100. The lowest BCUT2D eigenvalue weighted by Crippen LogP contribution is -2.49. The maximum absolute atomic E-state index is 13.6. The molecule has 0 fully saturated rings. The number of hydrogen-bond acceptors (Lipinski definition) is 5. The van der Waals surface area contributed by atoms with E-state index in [-0.39, 0.29) is 22.6 Å². The van der Waals surface area contributed by atoms with Gasteiger partial charge in [0.1, 0.15) is 11.6 Å². The summed E-state index contributed by atoms with van der Waals surface area (Å²) >= 11 is 0. The van der Waals surface area contributed by atoms with Crippen LogP contribution >= 0.6 is 0 Å². The molecule has 9 heteroatoms. The van der Waals surface area contributed by atoms with Gasteiger partial charge in [-0.3, -0.25) is 9.48 Å². The number of carbonyl (C=O) groups is 1.